The first-order chi connectivity index (χ1) is 8.16. The summed E-state index contributed by atoms with van der Waals surface area (Å²) in [5, 5.41) is 9.88. The molecule has 0 spiro atoms. The van der Waals surface area contributed by atoms with E-state index in [0.29, 0.717) is 6.04 Å². The van der Waals surface area contributed by atoms with E-state index in [9.17, 15) is 0 Å². The van der Waals surface area contributed by atoms with Crippen molar-refractivity contribution >= 4 is 11.3 Å². The monoisotopic (exact) mass is 249 g/mol. The van der Waals surface area contributed by atoms with Gasteiger partial charge in [-0.3, -0.25) is 4.68 Å². The highest BCUT2D eigenvalue weighted by Gasteiger charge is 2.08. The molecule has 2 heterocycles. The number of aromatic nitrogens is 2. The summed E-state index contributed by atoms with van der Waals surface area (Å²) in [5.74, 6) is 0. The van der Waals surface area contributed by atoms with Gasteiger partial charge in [-0.1, -0.05) is 0 Å². The van der Waals surface area contributed by atoms with Gasteiger partial charge in [-0.25, -0.2) is 0 Å². The van der Waals surface area contributed by atoms with E-state index in [1.54, 1.807) is 0 Å². The number of hydrogen-bond acceptors (Lipinski definition) is 3. The summed E-state index contributed by atoms with van der Waals surface area (Å²) in [6, 6.07) is 2.62. The molecule has 1 atom stereocenters. The average Bonchev–Trinajstić information content (AvgIpc) is 2.87. The molecule has 2 rings (SSSR count). The van der Waals surface area contributed by atoms with Crippen molar-refractivity contribution in [3.63, 3.8) is 0 Å². The molecular formula is C13H19N3S. The molecule has 0 aromatic carbocycles. The average molecular weight is 249 g/mol. The maximum absolute atomic E-state index is 4.17. The van der Waals surface area contributed by atoms with Gasteiger partial charge in [0.05, 0.1) is 6.20 Å². The van der Waals surface area contributed by atoms with Crippen LogP contribution in [-0.2, 0) is 13.5 Å². The fraction of sp³-hybridized carbons (Fsp3) is 0.462. The van der Waals surface area contributed by atoms with Crippen molar-refractivity contribution in [2.75, 3.05) is 6.54 Å². The largest absolute Gasteiger partial charge is 0.309 e. The van der Waals surface area contributed by atoms with Gasteiger partial charge in [0, 0.05) is 24.2 Å². The molecule has 0 radical (unpaired) electrons. The second kappa shape index (κ2) is 5.47. The lowest BCUT2D eigenvalue weighted by Crippen LogP contribution is -2.21. The predicted octanol–water partition coefficient (Wildman–Crippen LogP) is 2.68. The molecule has 0 aliphatic carbocycles. The number of aryl methyl sites for hydroxylation is 2. The summed E-state index contributed by atoms with van der Waals surface area (Å²) in [7, 11) is 1.95. The molecule has 0 aliphatic heterocycles. The predicted molar refractivity (Wildman–Crippen MR) is 72.4 cm³/mol. The van der Waals surface area contributed by atoms with Crippen molar-refractivity contribution < 1.29 is 0 Å². The van der Waals surface area contributed by atoms with E-state index in [1.807, 2.05) is 29.3 Å². The minimum atomic E-state index is 0.437. The molecule has 2 aromatic heterocycles. The fourth-order valence-corrected chi connectivity index (χ4v) is 2.91. The minimum Gasteiger partial charge on any atom is -0.309 e. The Morgan fingerprint density at radius 1 is 1.53 bits per heavy atom. The van der Waals surface area contributed by atoms with Crippen LogP contribution in [0.1, 0.15) is 29.0 Å². The zero-order valence-electron chi connectivity index (χ0n) is 10.6. The van der Waals surface area contributed by atoms with Gasteiger partial charge >= 0.3 is 0 Å². The van der Waals surface area contributed by atoms with E-state index in [1.165, 1.54) is 16.0 Å². The summed E-state index contributed by atoms with van der Waals surface area (Å²) >= 11 is 1.83. The highest BCUT2D eigenvalue weighted by Crippen LogP contribution is 2.23. The van der Waals surface area contributed by atoms with Crippen LogP contribution in [0.2, 0.25) is 0 Å². The zero-order chi connectivity index (χ0) is 12.3. The lowest BCUT2D eigenvalue weighted by atomic mass is 10.2. The Bertz CT molecular complexity index is 472. The van der Waals surface area contributed by atoms with Crippen LogP contribution in [0.25, 0.3) is 0 Å². The quantitative estimate of drug-likeness (QED) is 0.883. The third-order valence-corrected chi connectivity index (χ3v) is 4.12. The SMILES string of the molecule is Cc1ccsc1C(C)NCCc1cnn(C)c1. The zero-order valence-corrected chi connectivity index (χ0v) is 11.4. The van der Waals surface area contributed by atoms with Crippen LogP contribution in [0.5, 0.6) is 0 Å². The van der Waals surface area contributed by atoms with Crippen molar-refractivity contribution in [3.05, 3.63) is 39.8 Å². The molecule has 92 valence electrons. The van der Waals surface area contributed by atoms with Gasteiger partial charge in [-0.05, 0) is 49.4 Å². The van der Waals surface area contributed by atoms with Crippen molar-refractivity contribution in [1.29, 1.82) is 0 Å². The lowest BCUT2D eigenvalue weighted by molar-refractivity contribution is 0.582. The van der Waals surface area contributed by atoms with E-state index < -0.39 is 0 Å². The van der Waals surface area contributed by atoms with E-state index in [4.69, 9.17) is 0 Å². The highest BCUT2D eigenvalue weighted by atomic mass is 32.1. The Morgan fingerprint density at radius 2 is 2.35 bits per heavy atom. The summed E-state index contributed by atoms with van der Waals surface area (Å²) in [5.41, 5.74) is 2.67. The van der Waals surface area contributed by atoms with E-state index in [2.05, 4.69) is 41.9 Å². The molecule has 4 heteroatoms. The molecule has 0 saturated carbocycles. The molecular weight excluding hydrogens is 230 g/mol. The third kappa shape index (κ3) is 3.17. The van der Waals surface area contributed by atoms with E-state index >= 15 is 0 Å². The molecule has 3 nitrogen and oxygen atoms in total. The Kier molecular flexibility index (Phi) is 3.97. The topological polar surface area (TPSA) is 29.9 Å². The summed E-state index contributed by atoms with van der Waals surface area (Å²) in [6.45, 7) is 5.39. The van der Waals surface area contributed by atoms with Crippen molar-refractivity contribution in [3.8, 4) is 0 Å². The molecule has 0 aliphatic rings. The van der Waals surface area contributed by atoms with Gasteiger partial charge < -0.3 is 5.32 Å². The van der Waals surface area contributed by atoms with Crippen molar-refractivity contribution in [1.82, 2.24) is 15.1 Å². The van der Waals surface area contributed by atoms with Crippen LogP contribution < -0.4 is 5.32 Å². The second-order valence-corrected chi connectivity index (χ2v) is 5.36. The Labute approximate surface area is 106 Å². The van der Waals surface area contributed by atoms with Crippen molar-refractivity contribution in [2.45, 2.75) is 26.3 Å². The number of thiophene rings is 1. The van der Waals surface area contributed by atoms with E-state index in [-0.39, 0.29) is 0 Å². The van der Waals surface area contributed by atoms with Gasteiger partial charge in [-0.15, -0.1) is 11.3 Å². The smallest absolute Gasteiger partial charge is 0.0522 e. The van der Waals surface area contributed by atoms with Gasteiger partial charge in [0.1, 0.15) is 0 Å². The third-order valence-electron chi connectivity index (χ3n) is 2.92. The molecule has 2 aromatic rings. The summed E-state index contributed by atoms with van der Waals surface area (Å²) in [4.78, 5) is 1.44. The summed E-state index contributed by atoms with van der Waals surface area (Å²) in [6.07, 6.45) is 5.04. The fourth-order valence-electron chi connectivity index (χ4n) is 1.95. The summed E-state index contributed by atoms with van der Waals surface area (Å²) < 4.78 is 1.85. The van der Waals surface area contributed by atoms with Crippen LogP contribution in [0, 0.1) is 6.92 Å². The van der Waals surface area contributed by atoms with Gasteiger partial charge in [0.15, 0.2) is 0 Å². The number of nitrogens with one attached hydrogen (secondary N) is 1. The first-order valence-electron chi connectivity index (χ1n) is 5.91. The molecule has 1 N–H and O–H groups in total. The molecule has 17 heavy (non-hydrogen) atoms. The molecule has 0 amide bonds. The Morgan fingerprint density at radius 3 is 2.94 bits per heavy atom. The first kappa shape index (κ1) is 12.3. The minimum absolute atomic E-state index is 0.437. The van der Waals surface area contributed by atoms with Crippen LogP contribution in [-0.4, -0.2) is 16.3 Å². The Hall–Kier alpha value is -1.13. The molecule has 0 saturated heterocycles. The van der Waals surface area contributed by atoms with Crippen LogP contribution in [0.15, 0.2) is 23.8 Å². The van der Waals surface area contributed by atoms with Gasteiger partial charge in [-0.2, -0.15) is 5.10 Å². The number of rotatable bonds is 5. The van der Waals surface area contributed by atoms with E-state index in [0.717, 1.165) is 13.0 Å². The molecule has 0 bridgehead atoms. The standard InChI is InChI=1S/C13H19N3S/c1-10-5-7-17-13(10)11(2)14-6-4-12-8-15-16(3)9-12/h5,7-9,11,14H,4,6H2,1-3H3. The maximum Gasteiger partial charge on any atom is 0.0522 e. The highest BCUT2D eigenvalue weighted by molar-refractivity contribution is 7.10. The molecule has 1 unspecified atom stereocenters. The maximum atomic E-state index is 4.17. The number of nitrogens with zero attached hydrogens (tertiary/aromatic N) is 2. The van der Waals surface area contributed by atoms with Gasteiger partial charge in [0.25, 0.3) is 0 Å². The second-order valence-electron chi connectivity index (χ2n) is 4.42. The first-order valence-corrected chi connectivity index (χ1v) is 6.79. The Balaban J connectivity index is 1.81. The van der Waals surface area contributed by atoms with Gasteiger partial charge in [0.2, 0.25) is 0 Å². The number of hydrogen-bond donors (Lipinski definition) is 1. The van der Waals surface area contributed by atoms with Crippen LogP contribution in [0.4, 0.5) is 0 Å². The van der Waals surface area contributed by atoms with Crippen LogP contribution in [0.3, 0.4) is 0 Å². The van der Waals surface area contributed by atoms with Crippen LogP contribution >= 0.6 is 11.3 Å². The normalized spacial score (nSPS) is 12.9. The molecule has 0 fully saturated rings. The van der Waals surface area contributed by atoms with Crippen molar-refractivity contribution in [2.24, 2.45) is 7.05 Å². The lowest BCUT2D eigenvalue weighted by Gasteiger charge is -2.12.